The zero-order valence-electron chi connectivity index (χ0n) is 11.6. The van der Waals surface area contributed by atoms with Gasteiger partial charge in [0.2, 0.25) is 10.9 Å². The number of hydrogen-bond acceptors (Lipinski definition) is 10. The number of rotatable bonds is 1. The average molecular weight is 351 g/mol. The van der Waals surface area contributed by atoms with E-state index >= 15 is 0 Å². The molecule has 23 heavy (non-hydrogen) atoms. The zero-order chi connectivity index (χ0) is 17.0. The summed E-state index contributed by atoms with van der Waals surface area (Å²) in [5, 5.41) is 8.38. The molecule has 11 nitrogen and oxygen atoms in total. The van der Waals surface area contributed by atoms with Crippen LogP contribution in [0.4, 0.5) is 0 Å². The van der Waals surface area contributed by atoms with Gasteiger partial charge < -0.3 is 19.4 Å². The fourth-order valence-corrected chi connectivity index (χ4v) is 3.86. The Morgan fingerprint density at radius 1 is 1.17 bits per heavy atom. The van der Waals surface area contributed by atoms with Crippen LogP contribution in [-0.4, -0.2) is 64.4 Å². The standard InChI is InChI=1S/C11H13NO10S/c13-6-5-10(16)7(23(17,18)19)8(14)22-12-4-2-1-3-11(12,20-6)21-9(10)15/h7,16H,1-5H2,(H,17,18,19). The van der Waals surface area contributed by atoms with Crippen molar-refractivity contribution in [2.75, 3.05) is 6.54 Å². The summed E-state index contributed by atoms with van der Waals surface area (Å²) >= 11 is 0. The molecule has 3 saturated heterocycles. The molecule has 12 heteroatoms. The molecule has 0 aliphatic carbocycles. The summed E-state index contributed by atoms with van der Waals surface area (Å²) in [6, 6.07) is 0. The Kier molecular flexibility index (Phi) is 3.41. The molecule has 0 radical (unpaired) electrons. The SMILES string of the molecule is O=C1CC2(O)C(=O)OC3(CCCCN3OC(=O)C2S(=O)(=O)O)O1. The smallest absolute Gasteiger partial charge is 0.351 e. The zero-order valence-corrected chi connectivity index (χ0v) is 12.4. The molecule has 2 bridgehead atoms. The van der Waals surface area contributed by atoms with Crippen molar-refractivity contribution in [1.82, 2.24) is 5.06 Å². The van der Waals surface area contributed by atoms with Crippen LogP contribution in [0.1, 0.15) is 25.7 Å². The maximum atomic E-state index is 12.3. The maximum Gasteiger partial charge on any atom is 0.351 e. The van der Waals surface area contributed by atoms with Crippen LogP contribution >= 0.6 is 0 Å². The van der Waals surface area contributed by atoms with Gasteiger partial charge in [-0.1, -0.05) is 5.06 Å². The lowest BCUT2D eigenvalue weighted by Gasteiger charge is -2.43. The van der Waals surface area contributed by atoms with Gasteiger partial charge in [0.25, 0.3) is 10.1 Å². The topological polar surface area (TPSA) is 157 Å². The molecule has 1 spiro atoms. The van der Waals surface area contributed by atoms with Gasteiger partial charge in [-0.25, -0.2) is 9.59 Å². The van der Waals surface area contributed by atoms with Gasteiger partial charge in [0.15, 0.2) is 0 Å². The van der Waals surface area contributed by atoms with Crippen LogP contribution < -0.4 is 0 Å². The maximum absolute atomic E-state index is 12.3. The molecule has 128 valence electrons. The van der Waals surface area contributed by atoms with Crippen LogP contribution in [0, 0.1) is 0 Å². The molecule has 3 atom stereocenters. The molecule has 3 rings (SSSR count). The number of nitrogens with zero attached hydrogens (tertiary/aromatic N) is 1. The lowest BCUT2D eigenvalue weighted by molar-refractivity contribution is -0.379. The summed E-state index contributed by atoms with van der Waals surface area (Å²) in [4.78, 5) is 41.2. The van der Waals surface area contributed by atoms with Gasteiger partial charge in [0, 0.05) is 13.0 Å². The molecule has 0 aromatic carbocycles. The molecule has 2 N–H and O–H groups in total. The highest BCUT2D eigenvalue weighted by atomic mass is 32.2. The molecule has 3 heterocycles. The van der Waals surface area contributed by atoms with E-state index in [1.807, 2.05) is 0 Å². The number of hydroxylamine groups is 2. The predicted octanol–water partition coefficient (Wildman–Crippen LogP) is -1.92. The van der Waals surface area contributed by atoms with E-state index in [1.165, 1.54) is 0 Å². The van der Waals surface area contributed by atoms with Crippen molar-refractivity contribution in [2.24, 2.45) is 0 Å². The van der Waals surface area contributed by atoms with Gasteiger partial charge in [-0.15, -0.1) is 0 Å². The molecular formula is C11H13NO10S. The first-order valence-corrected chi connectivity index (χ1v) is 8.22. The number of piperidine rings is 1. The fourth-order valence-electron chi connectivity index (χ4n) is 2.90. The van der Waals surface area contributed by atoms with E-state index < -0.39 is 51.2 Å². The highest BCUT2D eigenvalue weighted by Crippen LogP contribution is 2.40. The largest absolute Gasteiger partial charge is 0.406 e. The Labute approximate surface area is 129 Å². The van der Waals surface area contributed by atoms with E-state index in [1.54, 1.807) is 0 Å². The number of ether oxygens (including phenoxy) is 2. The third-order valence-electron chi connectivity index (χ3n) is 3.92. The van der Waals surface area contributed by atoms with E-state index in [0.29, 0.717) is 12.8 Å². The van der Waals surface area contributed by atoms with Crippen LogP contribution in [0.2, 0.25) is 0 Å². The third kappa shape index (κ3) is 2.38. The number of esters is 2. The van der Waals surface area contributed by atoms with Crippen LogP contribution in [-0.2, 0) is 38.8 Å². The minimum Gasteiger partial charge on any atom is -0.406 e. The average Bonchev–Trinajstić information content (AvgIpc) is 2.44. The Bertz CT molecular complexity index is 689. The minimum absolute atomic E-state index is 0.00290. The van der Waals surface area contributed by atoms with Gasteiger partial charge >= 0.3 is 23.8 Å². The second-order valence-corrected chi connectivity index (χ2v) is 7.04. The van der Waals surface area contributed by atoms with Crippen molar-refractivity contribution in [2.45, 2.75) is 42.4 Å². The molecule has 3 aliphatic rings. The first kappa shape index (κ1) is 16.1. The van der Waals surface area contributed by atoms with Gasteiger partial charge in [-0.3, -0.25) is 9.35 Å². The second kappa shape index (κ2) is 4.87. The number of fused-ring (bicyclic) bond motifs is 2. The van der Waals surface area contributed by atoms with E-state index in [0.717, 1.165) is 5.06 Å². The fraction of sp³-hybridized carbons (Fsp3) is 0.727. The van der Waals surface area contributed by atoms with Gasteiger partial charge in [-0.05, 0) is 12.8 Å². The molecular weight excluding hydrogens is 338 g/mol. The van der Waals surface area contributed by atoms with Crippen LogP contribution in [0.3, 0.4) is 0 Å². The summed E-state index contributed by atoms with van der Waals surface area (Å²) < 4.78 is 42.2. The summed E-state index contributed by atoms with van der Waals surface area (Å²) in [7, 11) is -5.28. The number of hydrogen-bond donors (Lipinski definition) is 2. The molecule has 0 aromatic rings. The van der Waals surface area contributed by atoms with E-state index in [9.17, 15) is 32.5 Å². The molecule has 0 amide bonds. The Balaban J connectivity index is 2.19. The quantitative estimate of drug-likeness (QED) is 0.400. The normalized spacial score (nSPS) is 38.5. The highest BCUT2D eigenvalue weighted by molar-refractivity contribution is 7.87. The summed E-state index contributed by atoms with van der Waals surface area (Å²) in [5.74, 6) is -6.38. The second-order valence-electron chi connectivity index (χ2n) is 5.54. The van der Waals surface area contributed by atoms with E-state index in [-0.39, 0.29) is 13.0 Å². The number of carbonyl (C=O) groups excluding carboxylic acids is 3. The third-order valence-corrected chi connectivity index (χ3v) is 5.10. The van der Waals surface area contributed by atoms with Gasteiger partial charge in [0.05, 0.1) is 6.42 Å². The van der Waals surface area contributed by atoms with Gasteiger partial charge in [0.1, 0.15) is 0 Å². The predicted molar refractivity (Wildman–Crippen MR) is 66.5 cm³/mol. The van der Waals surface area contributed by atoms with Crippen molar-refractivity contribution < 1.29 is 46.8 Å². The number of carbonyl (C=O) groups is 3. The molecule has 3 fully saturated rings. The van der Waals surface area contributed by atoms with Crippen molar-refractivity contribution in [3.8, 4) is 0 Å². The van der Waals surface area contributed by atoms with Crippen LogP contribution in [0.15, 0.2) is 0 Å². The summed E-state index contributed by atoms with van der Waals surface area (Å²) in [6.07, 6.45) is -0.245. The van der Waals surface area contributed by atoms with Crippen LogP contribution in [0.25, 0.3) is 0 Å². The Morgan fingerprint density at radius 2 is 1.87 bits per heavy atom. The van der Waals surface area contributed by atoms with E-state index in [2.05, 4.69) is 0 Å². The van der Waals surface area contributed by atoms with Crippen molar-refractivity contribution in [3.63, 3.8) is 0 Å². The Hall–Kier alpha value is -1.76. The Morgan fingerprint density at radius 3 is 2.52 bits per heavy atom. The number of aliphatic hydroxyl groups is 1. The summed E-state index contributed by atoms with van der Waals surface area (Å²) in [5.41, 5.74) is -3.14. The van der Waals surface area contributed by atoms with Crippen molar-refractivity contribution in [1.29, 1.82) is 0 Å². The van der Waals surface area contributed by atoms with Crippen LogP contribution in [0.5, 0.6) is 0 Å². The molecule has 3 unspecified atom stereocenters. The van der Waals surface area contributed by atoms with Crippen molar-refractivity contribution in [3.05, 3.63) is 0 Å². The molecule has 3 aliphatic heterocycles. The first-order chi connectivity index (χ1) is 10.6. The first-order valence-electron chi connectivity index (χ1n) is 6.72. The molecule has 0 saturated carbocycles. The minimum atomic E-state index is -5.28. The van der Waals surface area contributed by atoms with Gasteiger partial charge in [-0.2, -0.15) is 8.42 Å². The lowest BCUT2D eigenvalue weighted by Crippen LogP contribution is -2.65. The highest BCUT2D eigenvalue weighted by Gasteiger charge is 2.66. The van der Waals surface area contributed by atoms with Crippen molar-refractivity contribution >= 4 is 28.0 Å². The van der Waals surface area contributed by atoms with E-state index in [4.69, 9.17) is 14.3 Å². The monoisotopic (exact) mass is 351 g/mol. The lowest BCUT2D eigenvalue weighted by atomic mass is 9.95. The molecule has 0 aromatic heterocycles. The summed E-state index contributed by atoms with van der Waals surface area (Å²) in [6.45, 7) is 0.00290.